The number of fused-ring (bicyclic) bond motifs is 1. The Balaban J connectivity index is 1.68. The maximum absolute atomic E-state index is 13.4. The zero-order valence-corrected chi connectivity index (χ0v) is 17.6. The molecule has 1 aliphatic heterocycles. The Kier molecular flexibility index (Phi) is 5.70. The number of sulfonamides is 1. The summed E-state index contributed by atoms with van der Waals surface area (Å²) in [6.45, 7) is 2.24. The van der Waals surface area contributed by atoms with Crippen molar-refractivity contribution in [2.45, 2.75) is 37.2 Å². The fraction of sp³-hybridized carbons (Fsp3) is 0.208. The first kappa shape index (κ1) is 20.3. The molecular weight excluding hydrogens is 396 g/mol. The van der Waals surface area contributed by atoms with Crippen molar-refractivity contribution in [3.05, 3.63) is 95.6 Å². The van der Waals surface area contributed by atoms with E-state index in [-0.39, 0.29) is 17.3 Å². The van der Waals surface area contributed by atoms with Gasteiger partial charge in [-0.2, -0.15) is 4.31 Å². The van der Waals surface area contributed by atoms with Gasteiger partial charge in [-0.1, -0.05) is 61.5 Å². The Hall–Kier alpha value is -2.96. The van der Waals surface area contributed by atoms with Gasteiger partial charge in [0.2, 0.25) is 15.9 Å². The van der Waals surface area contributed by atoms with Crippen molar-refractivity contribution < 1.29 is 13.2 Å². The molecule has 0 spiro atoms. The topological polar surface area (TPSA) is 66.5 Å². The molecule has 1 N–H and O–H groups in total. The van der Waals surface area contributed by atoms with Gasteiger partial charge in [0.05, 0.1) is 4.90 Å². The van der Waals surface area contributed by atoms with E-state index in [2.05, 4.69) is 12.2 Å². The first-order valence-electron chi connectivity index (χ1n) is 10.0. The van der Waals surface area contributed by atoms with Crippen molar-refractivity contribution in [2.75, 3.05) is 5.32 Å². The number of carbonyl (C=O) groups is 1. The lowest BCUT2D eigenvalue weighted by Crippen LogP contribution is -2.50. The van der Waals surface area contributed by atoms with E-state index in [9.17, 15) is 13.2 Å². The summed E-state index contributed by atoms with van der Waals surface area (Å²) < 4.78 is 28.1. The molecule has 0 radical (unpaired) electrons. The molecule has 0 fully saturated rings. The molecule has 3 aromatic rings. The quantitative estimate of drug-likeness (QED) is 0.678. The fourth-order valence-electron chi connectivity index (χ4n) is 3.75. The van der Waals surface area contributed by atoms with Gasteiger partial charge in [-0.3, -0.25) is 4.79 Å². The average Bonchev–Trinajstić information content (AvgIpc) is 2.79. The van der Waals surface area contributed by atoms with Crippen LogP contribution in [0.1, 0.15) is 23.6 Å². The Labute approximate surface area is 177 Å². The molecule has 0 aromatic heterocycles. The number of aryl methyl sites for hydroxylation is 1. The highest BCUT2D eigenvalue weighted by atomic mass is 32.2. The van der Waals surface area contributed by atoms with Crippen molar-refractivity contribution >= 4 is 21.6 Å². The predicted molar refractivity (Wildman–Crippen MR) is 118 cm³/mol. The van der Waals surface area contributed by atoms with E-state index in [4.69, 9.17) is 0 Å². The van der Waals surface area contributed by atoms with Gasteiger partial charge in [-0.25, -0.2) is 8.42 Å². The van der Waals surface area contributed by atoms with Gasteiger partial charge < -0.3 is 5.32 Å². The Morgan fingerprint density at radius 2 is 1.57 bits per heavy atom. The van der Waals surface area contributed by atoms with E-state index in [0.29, 0.717) is 12.1 Å². The smallest absolute Gasteiger partial charge is 0.244 e. The van der Waals surface area contributed by atoms with Crippen LogP contribution in [0, 0.1) is 0 Å². The zero-order chi connectivity index (χ0) is 21.1. The van der Waals surface area contributed by atoms with Crippen LogP contribution in [0.15, 0.2) is 83.8 Å². The molecule has 0 saturated heterocycles. The van der Waals surface area contributed by atoms with Crippen molar-refractivity contribution in [3.63, 3.8) is 0 Å². The highest BCUT2D eigenvalue weighted by Gasteiger charge is 2.39. The summed E-state index contributed by atoms with van der Waals surface area (Å²) in [5, 5.41) is 2.90. The van der Waals surface area contributed by atoms with Crippen LogP contribution in [0.3, 0.4) is 0 Å². The lowest BCUT2D eigenvalue weighted by molar-refractivity contribution is -0.120. The number of anilines is 1. The second-order valence-corrected chi connectivity index (χ2v) is 9.28. The predicted octanol–water partition coefficient (Wildman–Crippen LogP) is 4.00. The van der Waals surface area contributed by atoms with E-state index < -0.39 is 16.1 Å². The normalized spacial score (nSPS) is 16.6. The number of nitrogens with one attached hydrogen (secondary N) is 1. The van der Waals surface area contributed by atoms with Crippen LogP contribution < -0.4 is 5.32 Å². The Morgan fingerprint density at radius 1 is 0.933 bits per heavy atom. The molecule has 0 saturated carbocycles. The third-order valence-corrected chi connectivity index (χ3v) is 7.36. The minimum atomic E-state index is -3.83. The summed E-state index contributed by atoms with van der Waals surface area (Å²) in [7, 11) is -3.83. The van der Waals surface area contributed by atoms with Gasteiger partial charge in [0.15, 0.2) is 0 Å². The fourth-order valence-corrected chi connectivity index (χ4v) is 5.34. The van der Waals surface area contributed by atoms with Crippen molar-refractivity contribution in [1.82, 2.24) is 4.31 Å². The molecule has 1 unspecified atom stereocenters. The van der Waals surface area contributed by atoms with E-state index in [1.54, 1.807) is 30.3 Å². The number of amides is 1. The Bertz CT molecular complexity index is 1140. The molecule has 154 valence electrons. The molecule has 0 bridgehead atoms. The van der Waals surface area contributed by atoms with Gasteiger partial charge in [-0.15, -0.1) is 0 Å². The van der Waals surface area contributed by atoms with Crippen molar-refractivity contribution in [3.8, 4) is 0 Å². The zero-order valence-electron chi connectivity index (χ0n) is 16.8. The number of hydrogen-bond donors (Lipinski definition) is 1. The van der Waals surface area contributed by atoms with Crippen LogP contribution >= 0.6 is 0 Å². The van der Waals surface area contributed by atoms with Gasteiger partial charge >= 0.3 is 0 Å². The average molecular weight is 421 g/mol. The molecule has 3 aromatic carbocycles. The van der Waals surface area contributed by atoms with Gasteiger partial charge in [0.25, 0.3) is 0 Å². The van der Waals surface area contributed by atoms with E-state index in [1.807, 2.05) is 48.5 Å². The van der Waals surface area contributed by atoms with Gasteiger partial charge in [-0.05, 0) is 53.8 Å². The number of benzene rings is 3. The van der Waals surface area contributed by atoms with E-state index in [1.165, 1.54) is 9.87 Å². The summed E-state index contributed by atoms with van der Waals surface area (Å²) in [6.07, 6.45) is 1.25. The largest absolute Gasteiger partial charge is 0.325 e. The maximum Gasteiger partial charge on any atom is 0.244 e. The van der Waals surface area contributed by atoms with Crippen LogP contribution in [0.5, 0.6) is 0 Å². The third-order valence-electron chi connectivity index (χ3n) is 5.49. The standard InChI is InChI=1S/C24H24N2O3S/c1-2-18-12-14-21(15-13-18)25-24(27)23-16-19-8-6-7-9-20(19)17-26(23)30(28,29)22-10-4-3-5-11-22/h3-15,23H,2,16-17H2,1H3,(H,25,27). The van der Waals surface area contributed by atoms with Gasteiger partial charge in [0, 0.05) is 12.2 Å². The van der Waals surface area contributed by atoms with Crippen LogP contribution in [-0.2, 0) is 34.2 Å². The van der Waals surface area contributed by atoms with Crippen LogP contribution in [-0.4, -0.2) is 24.7 Å². The molecule has 0 aliphatic carbocycles. The highest BCUT2D eigenvalue weighted by molar-refractivity contribution is 7.89. The lowest BCUT2D eigenvalue weighted by Gasteiger charge is -2.35. The second-order valence-electron chi connectivity index (χ2n) is 7.39. The molecule has 30 heavy (non-hydrogen) atoms. The summed E-state index contributed by atoms with van der Waals surface area (Å²) in [6, 6.07) is 22.8. The first-order chi connectivity index (χ1) is 14.5. The molecular formula is C24H24N2O3S. The van der Waals surface area contributed by atoms with Crippen LogP contribution in [0.25, 0.3) is 0 Å². The second kappa shape index (κ2) is 8.42. The maximum atomic E-state index is 13.4. The number of hydrogen-bond acceptors (Lipinski definition) is 3. The van der Waals surface area contributed by atoms with Crippen LogP contribution in [0.4, 0.5) is 5.69 Å². The molecule has 1 amide bonds. The number of nitrogens with zero attached hydrogens (tertiary/aromatic N) is 1. The number of rotatable bonds is 5. The highest BCUT2D eigenvalue weighted by Crippen LogP contribution is 2.29. The summed E-state index contributed by atoms with van der Waals surface area (Å²) in [5.41, 5.74) is 3.76. The van der Waals surface area contributed by atoms with E-state index >= 15 is 0 Å². The monoisotopic (exact) mass is 420 g/mol. The summed E-state index contributed by atoms with van der Waals surface area (Å²) in [4.78, 5) is 13.4. The van der Waals surface area contributed by atoms with Gasteiger partial charge in [0.1, 0.15) is 6.04 Å². The lowest BCUT2D eigenvalue weighted by atomic mass is 9.95. The molecule has 5 nitrogen and oxygen atoms in total. The van der Waals surface area contributed by atoms with E-state index in [0.717, 1.165) is 17.5 Å². The molecule has 1 heterocycles. The minimum absolute atomic E-state index is 0.167. The Morgan fingerprint density at radius 3 is 2.23 bits per heavy atom. The SMILES string of the molecule is CCc1ccc(NC(=O)C2Cc3ccccc3CN2S(=O)(=O)c2ccccc2)cc1. The minimum Gasteiger partial charge on any atom is -0.325 e. The molecule has 4 rings (SSSR count). The summed E-state index contributed by atoms with van der Waals surface area (Å²) >= 11 is 0. The van der Waals surface area contributed by atoms with Crippen LogP contribution in [0.2, 0.25) is 0 Å². The first-order valence-corrected chi connectivity index (χ1v) is 11.5. The summed E-state index contributed by atoms with van der Waals surface area (Å²) in [5.74, 6) is -0.326. The molecule has 6 heteroatoms. The third kappa shape index (κ3) is 4.01. The van der Waals surface area contributed by atoms with Crippen molar-refractivity contribution in [1.29, 1.82) is 0 Å². The number of carbonyl (C=O) groups excluding carboxylic acids is 1. The molecule has 1 aliphatic rings. The molecule has 1 atom stereocenters. The van der Waals surface area contributed by atoms with Crippen molar-refractivity contribution in [2.24, 2.45) is 0 Å².